The van der Waals surface area contributed by atoms with Crippen LogP contribution in [-0.4, -0.2) is 17.9 Å². The molecule has 0 aliphatic carbocycles. The van der Waals surface area contributed by atoms with E-state index in [0.29, 0.717) is 29.4 Å². The average Bonchev–Trinajstić information content (AvgIpc) is 2.48. The molecule has 0 saturated carbocycles. The highest BCUT2D eigenvalue weighted by Gasteiger charge is 2.12. The molecule has 1 amide bonds. The molecule has 0 aliphatic rings. The Kier molecular flexibility index (Phi) is 5.87. The van der Waals surface area contributed by atoms with Gasteiger partial charge in [-0.05, 0) is 36.6 Å². The summed E-state index contributed by atoms with van der Waals surface area (Å²) in [7, 11) is 1.82. The van der Waals surface area contributed by atoms with Crippen molar-refractivity contribution in [3.63, 3.8) is 0 Å². The molecule has 0 spiro atoms. The Bertz CT molecular complexity index is 632. The predicted octanol–water partition coefficient (Wildman–Crippen LogP) is 4.89. The molecule has 116 valence electrons. The maximum Gasteiger partial charge on any atom is 0.222 e. The van der Waals surface area contributed by atoms with Crippen molar-refractivity contribution in [1.29, 1.82) is 0 Å². The van der Waals surface area contributed by atoms with Gasteiger partial charge < -0.3 is 4.90 Å². The van der Waals surface area contributed by atoms with Gasteiger partial charge in [-0.2, -0.15) is 0 Å². The van der Waals surface area contributed by atoms with E-state index in [4.69, 9.17) is 23.2 Å². The summed E-state index contributed by atoms with van der Waals surface area (Å²) in [4.78, 5) is 14.0. The molecule has 0 unspecified atom stereocenters. The number of carbonyl (C=O) groups excluding carboxylic acids is 1. The van der Waals surface area contributed by atoms with Gasteiger partial charge in [-0.3, -0.25) is 4.79 Å². The van der Waals surface area contributed by atoms with Crippen LogP contribution in [0.4, 0.5) is 0 Å². The Hall–Kier alpha value is -1.51. The van der Waals surface area contributed by atoms with Gasteiger partial charge in [-0.15, -0.1) is 0 Å². The van der Waals surface area contributed by atoms with Crippen molar-refractivity contribution >= 4 is 29.1 Å². The monoisotopic (exact) mass is 335 g/mol. The Morgan fingerprint density at radius 1 is 1.05 bits per heavy atom. The standard InChI is InChI=1S/C18H19Cl2NO/c1-13-6-8-14(9-7-13)12-21(2)18(22)11-10-15-16(19)4-3-5-17(15)20/h3-9H,10-12H2,1-2H3. The van der Waals surface area contributed by atoms with Crippen LogP contribution >= 0.6 is 23.2 Å². The molecule has 0 atom stereocenters. The third kappa shape index (κ3) is 4.49. The molecule has 0 N–H and O–H groups in total. The molecule has 22 heavy (non-hydrogen) atoms. The van der Waals surface area contributed by atoms with E-state index in [0.717, 1.165) is 11.1 Å². The van der Waals surface area contributed by atoms with Crippen molar-refractivity contribution in [3.05, 3.63) is 69.2 Å². The van der Waals surface area contributed by atoms with Crippen LogP contribution in [0.5, 0.6) is 0 Å². The SMILES string of the molecule is Cc1ccc(CN(C)C(=O)CCc2c(Cl)cccc2Cl)cc1. The second-order valence-electron chi connectivity index (χ2n) is 5.44. The van der Waals surface area contributed by atoms with Crippen molar-refractivity contribution in [1.82, 2.24) is 4.90 Å². The lowest BCUT2D eigenvalue weighted by Crippen LogP contribution is -2.26. The number of amides is 1. The normalized spacial score (nSPS) is 10.5. The lowest BCUT2D eigenvalue weighted by atomic mass is 10.1. The van der Waals surface area contributed by atoms with E-state index in [2.05, 4.69) is 12.1 Å². The first kappa shape index (κ1) is 16.9. The molecule has 2 nitrogen and oxygen atoms in total. The highest BCUT2D eigenvalue weighted by Crippen LogP contribution is 2.25. The van der Waals surface area contributed by atoms with Crippen LogP contribution in [0.25, 0.3) is 0 Å². The summed E-state index contributed by atoms with van der Waals surface area (Å²) < 4.78 is 0. The first-order valence-corrected chi connectivity index (χ1v) is 7.95. The Labute approximate surface area is 141 Å². The number of benzene rings is 2. The molecule has 0 radical (unpaired) electrons. The first-order valence-electron chi connectivity index (χ1n) is 7.20. The quantitative estimate of drug-likeness (QED) is 0.761. The van der Waals surface area contributed by atoms with Gasteiger partial charge in [0, 0.05) is 30.1 Å². The number of carbonyl (C=O) groups is 1. The molecule has 0 fully saturated rings. The molecule has 0 aromatic heterocycles. The first-order chi connectivity index (χ1) is 10.5. The zero-order chi connectivity index (χ0) is 16.1. The molecular weight excluding hydrogens is 317 g/mol. The van der Waals surface area contributed by atoms with Gasteiger partial charge >= 0.3 is 0 Å². The van der Waals surface area contributed by atoms with Crippen molar-refractivity contribution in [2.75, 3.05) is 7.05 Å². The number of aryl methyl sites for hydroxylation is 1. The highest BCUT2D eigenvalue weighted by atomic mass is 35.5. The van der Waals surface area contributed by atoms with Crippen molar-refractivity contribution in [2.45, 2.75) is 26.3 Å². The van der Waals surface area contributed by atoms with Crippen LogP contribution in [0.3, 0.4) is 0 Å². The number of halogens is 2. The minimum absolute atomic E-state index is 0.0801. The van der Waals surface area contributed by atoms with Crippen LogP contribution in [0.2, 0.25) is 10.0 Å². The van der Waals surface area contributed by atoms with Crippen molar-refractivity contribution in [2.24, 2.45) is 0 Å². The smallest absolute Gasteiger partial charge is 0.222 e. The summed E-state index contributed by atoms with van der Waals surface area (Å²) >= 11 is 12.3. The third-order valence-electron chi connectivity index (χ3n) is 3.62. The average molecular weight is 336 g/mol. The van der Waals surface area contributed by atoms with Gasteiger partial charge in [0.1, 0.15) is 0 Å². The van der Waals surface area contributed by atoms with Crippen LogP contribution in [0.15, 0.2) is 42.5 Å². The molecule has 0 bridgehead atoms. The van der Waals surface area contributed by atoms with E-state index >= 15 is 0 Å². The van der Waals surface area contributed by atoms with E-state index in [1.54, 1.807) is 23.1 Å². The lowest BCUT2D eigenvalue weighted by Gasteiger charge is -2.18. The van der Waals surface area contributed by atoms with Gasteiger partial charge in [0.15, 0.2) is 0 Å². The molecule has 0 saturated heterocycles. The summed E-state index contributed by atoms with van der Waals surface area (Å²) in [6, 6.07) is 13.6. The van der Waals surface area contributed by atoms with Crippen molar-refractivity contribution in [3.8, 4) is 0 Å². The van der Waals surface area contributed by atoms with Gasteiger partial charge in [-0.25, -0.2) is 0 Å². The second-order valence-corrected chi connectivity index (χ2v) is 6.25. The van der Waals surface area contributed by atoms with E-state index < -0.39 is 0 Å². The minimum Gasteiger partial charge on any atom is -0.341 e. The Morgan fingerprint density at radius 3 is 2.23 bits per heavy atom. The summed E-state index contributed by atoms with van der Waals surface area (Å²) in [5.41, 5.74) is 3.17. The topological polar surface area (TPSA) is 20.3 Å². The predicted molar refractivity (Wildman–Crippen MR) is 92.4 cm³/mol. The van der Waals surface area contributed by atoms with Crippen LogP contribution in [-0.2, 0) is 17.8 Å². The molecular formula is C18H19Cl2NO. The largest absolute Gasteiger partial charge is 0.341 e. The van der Waals surface area contributed by atoms with Gasteiger partial charge in [0.05, 0.1) is 0 Å². The van der Waals surface area contributed by atoms with E-state index in [-0.39, 0.29) is 5.91 Å². The summed E-state index contributed by atoms with van der Waals surface area (Å²) in [5, 5.41) is 1.22. The van der Waals surface area contributed by atoms with Crippen LogP contribution in [0, 0.1) is 6.92 Å². The minimum atomic E-state index is 0.0801. The number of nitrogens with zero attached hydrogens (tertiary/aromatic N) is 1. The summed E-state index contributed by atoms with van der Waals surface area (Å²) in [5.74, 6) is 0.0801. The number of rotatable bonds is 5. The third-order valence-corrected chi connectivity index (χ3v) is 4.32. The fraction of sp³-hybridized carbons (Fsp3) is 0.278. The fourth-order valence-electron chi connectivity index (χ4n) is 2.25. The highest BCUT2D eigenvalue weighted by molar-refractivity contribution is 6.36. The molecule has 2 aromatic rings. The molecule has 4 heteroatoms. The van der Waals surface area contributed by atoms with Crippen LogP contribution < -0.4 is 0 Å². The summed E-state index contributed by atoms with van der Waals surface area (Å²) in [6.07, 6.45) is 0.946. The Morgan fingerprint density at radius 2 is 1.64 bits per heavy atom. The van der Waals surface area contributed by atoms with E-state index in [1.165, 1.54) is 5.56 Å². The van der Waals surface area contributed by atoms with E-state index in [1.807, 2.05) is 26.1 Å². The maximum atomic E-state index is 12.3. The zero-order valence-electron chi connectivity index (χ0n) is 12.8. The molecule has 2 aromatic carbocycles. The number of hydrogen-bond donors (Lipinski definition) is 0. The molecule has 0 aliphatic heterocycles. The lowest BCUT2D eigenvalue weighted by molar-refractivity contribution is -0.130. The summed E-state index contributed by atoms with van der Waals surface area (Å²) in [6.45, 7) is 2.65. The van der Waals surface area contributed by atoms with Gasteiger partial charge in [0.25, 0.3) is 0 Å². The van der Waals surface area contributed by atoms with Crippen molar-refractivity contribution < 1.29 is 4.79 Å². The van der Waals surface area contributed by atoms with E-state index in [9.17, 15) is 4.79 Å². The fourth-order valence-corrected chi connectivity index (χ4v) is 2.84. The maximum absolute atomic E-state index is 12.3. The van der Waals surface area contributed by atoms with Crippen LogP contribution in [0.1, 0.15) is 23.1 Å². The van der Waals surface area contributed by atoms with Gasteiger partial charge in [-0.1, -0.05) is 59.1 Å². The zero-order valence-corrected chi connectivity index (χ0v) is 14.3. The Balaban J connectivity index is 1.93. The molecule has 2 rings (SSSR count). The second kappa shape index (κ2) is 7.66. The molecule has 0 heterocycles. The number of hydrogen-bond acceptors (Lipinski definition) is 1. The van der Waals surface area contributed by atoms with Gasteiger partial charge in [0.2, 0.25) is 5.91 Å².